The van der Waals surface area contributed by atoms with Gasteiger partial charge in [0.15, 0.2) is 0 Å². The SMILES string of the molecule is Cc1cc(N=Nc2ccc(/C=C\c3ccc(N=Nc4cc(C)c(N=Nc5ccc(C(=O)O)cc5)cc4C)cc3S(=O)(=O)O)c(OSO)c2)c(C)cc1N=Nc1ccc(C(=O)O)cc1. The summed E-state index contributed by atoms with van der Waals surface area (Å²) in [7, 11) is -4.73. The molecule has 318 valence electrons. The average molecular weight is 885 g/mol. The number of hydrogen-bond acceptors (Lipinski definition) is 15. The molecule has 0 fully saturated rings. The molecule has 0 aromatic heterocycles. The summed E-state index contributed by atoms with van der Waals surface area (Å²) in [5.74, 6) is -1.89. The number of hydrogen-bond donors (Lipinski definition) is 4. The summed E-state index contributed by atoms with van der Waals surface area (Å²) in [5.41, 5.74) is 7.49. The highest BCUT2D eigenvalue weighted by Crippen LogP contribution is 2.35. The number of azo groups is 4. The summed E-state index contributed by atoms with van der Waals surface area (Å²) >= 11 is 0.106. The van der Waals surface area contributed by atoms with E-state index in [-0.39, 0.29) is 40.5 Å². The van der Waals surface area contributed by atoms with E-state index in [9.17, 15) is 27.1 Å². The first kappa shape index (κ1) is 45.0. The number of rotatable bonds is 15. The van der Waals surface area contributed by atoms with Crippen LogP contribution in [0.3, 0.4) is 0 Å². The molecule has 0 bridgehead atoms. The summed E-state index contributed by atoms with van der Waals surface area (Å²) in [6.07, 6.45) is 2.99. The van der Waals surface area contributed by atoms with Gasteiger partial charge in [0.25, 0.3) is 10.1 Å². The highest BCUT2D eigenvalue weighted by Gasteiger charge is 2.16. The lowest BCUT2D eigenvalue weighted by atomic mass is 10.1. The number of nitrogens with zero attached hydrogens (tertiary/aromatic N) is 8. The fraction of sp³-hybridized carbons (Fsp3) is 0.0909. The monoisotopic (exact) mass is 884 g/mol. The molecule has 4 N–H and O–H groups in total. The third-order valence-corrected chi connectivity index (χ3v) is 10.4. The molecular formula is C44H36N8O9S2. The minimum Gasteiger partial charge on any atom is -0.478 e. The van der Waals surface area contributed by atoms with Crippen molar-refractivity contribution in [3.05, 3.63) is 154 Å². The van der Waals surface area contributed by atoms with Crippen molar-refractivity contribution < 1.29 is 41.5 Å². The Morgan fingerprint density at radius 3 is 1.24 bits per heavy atom. The number of benzene rings is 6. The topological polar surface area (TPSA) is 257 Å². The van der Waals surface area contributed by atoms with Crippen molar-refractivity contribution in [2.45, 2.75) is 32.6 Å². The zero-order valence-electron chi connectivity index (χ0n) is 33.8. The predicted octanol–water partition coefficient (Wildman–Crippen LogP) is 13.9. The molecule has 17 nitrogen and oxygen atoms in total. The maximum absolute atomic E-state index is 12.5. The van der Waals surface area contributed by atoms with Crippen molar-refractivity contribution >= 4 is 92.0 Å². The van der Waals surface area contributed by atoms with E-state index >= 15 is 0 Å². The van der Waals surface area contributed by atoms with E-state index in [1.807, 2.05) is 13.8 Å². The van der Waals surface area contributed by atoms with E-state index in [2.05, 4.69) is 40.9 Å². The molecule has 0 saturated heterocycles. The van der Waals surface area contributed by atoms with E-state index < -0.39 is 27.0 Å². The van der Waals surface area contributed by atoms with Gasteiger partial charge in [-0.25, -0.2) is 9.59 Å². The molecule has 0 heterocycles. The Bertz CT molecular complexity index is 2990. The molecule has 6 aromatic rings. The lowest BCUT2D eigenvalue weighted by Gasteiger charge is -2.08. The van der Waals surface area contributed by atoms with E-state index in [4.69, 9.17) is 14.4 Å². The molecule has 0 unspecified atom stereocenters. The largest absolute Gasteiger partial charge is 0.478 e. The van der Waals surface area contributed by atoms with Gasteiger partial charge in [-0.3, -0.25) is 9.11 Å². The fourth-order valence-electron chi connectivity index (χ4n) is 5.75. The first-order chi connectivity index (χ1) is 30.1. The van der Waals surface area contributed by atoms with Crippen LogP contribution >= 0.6 is 12.3 Å². The van der Waals surface area contributed by atoms with Crippen molar-refractivity contribution in [3.63, 3.8) is 0 Å². The molecule has 0 aliphatic rings. The smallest absolute Gasteiger partial charge is 0.335 e. The average Bonchev–Trinajstić information content (AvgIpc) is 3.25. The summed E-state index contributed by atoms with van der Waals surface area (Å²) < 4.78 is 50.1. The number of carboxylic acids is 2. The Kier molecular flexibility index (Phi) is 14.2. The van der Waals surface area contributed by atoms with Crippen molar-refractivity contribution in [1.82, 2.24) is 0 Å². The Morgan fingerprint density at radius 1 is 0.508 bits per heavy atom. The van der Waals surface area contributed by atoms with Crippen LogP contribution in [0.1, 0.15) is 54.1 Å². The molecule has 0 aliphatic carbocycles. The molecular weight excluding hydrogens is 849 g/mol. The molecule has 0 atom stereocenters. The molecule has 6 aromatic carbocycles. The minimum atomic E-state index is -4.73. The third-order valence-electron chi connectivity index (χ3n) is 9.19. The highest BCUT2D eigenvalue weighted by atomic mass is 32.2. The second kappa shape index (κ2) is 19.9. The van der Waals surface area contributed by atoms with Gasteiger partial charge < -0.3 is 14.4 Å². The predicted molar refractivity (Wildman–Crippen MR) is 238 cm³/mol. The minimum absolute atomic E-state index is 0.106. The maximum atomic E-state index is 12.5. The summed E-state index contributed by atoms with van der Waals surface area (Å²) in [5, 5.41) is 52.4. The van der Waals surface area contributed by atoms with Gasteiger partial charge in [0.05, 0.1) is 56.6 Å². The van der Waals surface area contributed by atoms with Crippen molar-refractivity contribution in [1.29, 1.82) is 0 Å². The van der Waals surface area contributed by atoms with E-state index in [0.717, 1.165) is 16.7 Å². The zero-order valence-corrected chi connectivity index (χ0v) is 35.4. The van der Waals surface area contributed by atoms with Gasteiger partial charge in [0.1, 0.15) is 10.6 Å². The van der Waals surface area contributed by atoms with Crippen LogP contribution in [0.25, 0.3) is 12.2 Å². The van der Waals surface area contributed by atoms with Crippen LogP contribution in [0.15, 0.2) is 155 Å². The van der Waals surface area contributed by atoms with Crippen LogP contribution in [0, 0.1) is 27.7 Å². The first-order valence-electron chi connectivity index (χ1n) is 18.6. The van der Waals surface area contributed by atoms with E-state index in [1.54, 1.807) is 74.5 Å². The maximum Gasteiger partial charge on any atom is 0.335 e. The first-order valence-corrected chi connectivity index (χ1v) is 20.7. The van der Waals surface area contributed by atoms with Crippen molar-refractivity contribution in [2.24, 2.45) is 40.9 Å². The van der Waals surface area contributed by atoms with E-state index in [1.165, 1.54) is 60.7 Å². The van der Waals surface area contributed by atoms with Crippen LogP contribution < -0.4 is 4.18 Å². The number of aromatic carboxylic acids is 2. The van der Waals surface area contributed by atoms with Gasteiger partial charge >= 0.3 is 11.9 Å². The lowest BCUT2D eigenvalue weighted by molar-refractivity contribution is 0.0686. The molecule has 19 heteroatoms. The van der Waals surface area contributed by atoms with E-state index in [0.29, 0.717) is 50.9 Å². The Hall–Kier alpha value is -7.58. The van der Waals surface area contributed by atoms with Crippen LogP contribution in [0.4, 0.5) is 45.5 Å². The molecule has 6 rings (SSSR count). The zero-order chi connectivity index (χ0) is 45.3. The van der Waals surface area contributed by atoms with Crippen LogP contribution in [-0.4, -0.2) is 39.7 Å². The lowest BCUT2D eigenvalue weighted by Crippen LogP contribution is -2.00. The van der Waals surface area contributed by atoms with Crippen molar-refractivity contribution in [2.75, 3.05) is 0 Å². The molecule has 63 heavy (non-hydrogen) atoms. The van der Waals surface area contributed by atoms with Gasteiger partial charge in [-0.15, -0.1) is 0 Å². The second-order valence-electron chi connectivity index (χ2n) is 13.8. The summed E-state index contributed by atoms with van der Waals surface area (Å²) in [6, 6.07) is 28.1. The third kappa shape index (κ3) is 11.8. The second-order valence-corrected chi connectivity index (χ2v) is 15.5. The molecule has 0 amide bonds. The van der Waals surface area contributed by atoms with Gasteiger partial charge in [-0.1, -0.05) is 18.2 Å². The Labute approximate surface area is 365 Å². The van der Waals surface area contributed by atoms with Gasteiger partial charge in [-0.05, 0) is 153 Å². The Balaban J connectivity index is 1.17. The Morgan fingerprint density at radius 2 is 0.857 bits per heavy atom. The summed E-state index contributed by atoms with van der Waals surface area (Å²) in [6.45, 7) is 7.27. The number of carbonyl (C=O) groups is 2. The van der Waals surface area contributed by atoms with Crippen LogP contribution in [0.5, 0.6) is 5.75 Å². The normalized spacial score (nSPS) is 12.1. The molecule has 0 radical (unpaired) electrons. The summed E-state index contributed by atoms with van der Waals surface area (Å²) in [4.78, 5) is 21.8. The van der Waals surface area contributed by atoms with Crippen molar-refractivity contribution in [3.8, 4) is 5.75 Å². The quantitative estimate of drug-likeness (QED) is 0.0328. The van der Waals surface area contributed by atoms with Crippen LogP contribution in [0.2, 0.25) is 0 Å². The van der Waals surface area contributed by atoms with Gasteiger partial charge in [-0.2, -0.15) is 49.3 Å². The molecule has 0 spiro atoms. The van der Waals surface area contributed by atoms with Crippen LogP contribution in [-0.2, 0) is 10.1 Å². The fourth-order valence-corrected chi connectivity index (χ4v) is 6.68. The molecule has 0 aliphatic heterocycles. The van der Waals surface area contributed by atoms with Gasteiger partial charge in [0, 0.05) is 11.6 Å². The number of carboxylic acid groups (broad SMARTS) is 2. The standard InChI is InChI=1S/C44H36N8O9S2/c1-25-21-39(27(3)19-37(25)49-45-33-13-9-31(10-14-33)43(53)54)51-47-35-17-7-29(41(23-35)61-62-57)5-6-30-8-18-36(24-42(30)63(58,59)60)48-52-40-22-26(2)38(20-28(40)4)50-46-34-15-11-32(12-16-34)44(55)56/h5-24,57H,1-4H3,(H,53,54)(H,55,56)(H,58,59,60)/b6-5-,49-45?,50-46?,51-47?,52-48?. The molecule has 0 saturated carbocycles. The van der Waals surface area contributed by atoms with Gasteiger partial charge in [0.2, 0.25) is 12.3 Å². The number of aryl methyl sites for hydroxylation is 4. The highest BCUT2D eigenvalue weighted by molar-refractivity contribution is 7.89.